The maximum Gasteiger partial charge on any atom is 0.317 e. The van der Waals surface area contributed by atoms with Crippen molar-refractivity contribution in [2.24, 2.45) is 5.92 Å². The molecule has 0 aliphatic heterocycles. The first kappa shape index (κ1) is 14.9. The van der Waals surface area contributed by atoms with Crippen molar-refractivity contribution in [2.75, 3.05) is 33.2 Å². The molecule has 0 rings (SSSR count). The third-order valence-electron chi connectivity index (χ3n) is 2.24. The Labute approximate surface area is 97.0 Å². The first-order chi connectivity index (χ1) is 7.36. The Morgan fingerprint density at radius 1 is 1.25 bits per heavy atom. The molecule has 0 unspecified atom stereocenters. The van der Waals surface area contributed by atoms with E-state index in [0.717, 1.165) is 0 Å². The van der Waals surface area contributed by atoms with Gasteiger partial charge in [0, 0.05) is 20.1 Å². The number of hydrogen-bond acceptors (Lipinski definition) is 3. The number of carboxylic acid groups (broad SMARTS) is 1. The zero-order chi connectivity index (χ0) is 12.7. The molecule has 0 aromatic heterocycles. The Bertz CT molecular complexity index is 241. The van der Waals surface area contributed by atoms with Crippen LogP contribution in [0.25, 0.3) is 0 Å². The Kier molecular flexibility index (Phi) is 6.72. The predicted molar refractivity (Wildman–Crippen MR) is 62.2 cm³/mol. The molecule has 0 spiro atoms. The molecule has 5 heteroatoms. The molecule has 0 saturated carbocycles. The van der Waals surface area contributed by atoms with Crippen LogP contribution in [-0.4, -0.2) is 60.0 Å². The van der Waals surface area contributed by atoms with Crippen LogP contribution in [0, 0.1) is 5.92 Å². The summed E-state index contributed by atoms with van der Waals surface area (Å²) in [4.78, 5) is 25.5. The van der Waals surface area contributed by atoms with Gasteiger partial charge in [-0.15, -0.1) is 0 Å². The van der Waals surface area contributed by atoms with Crippen LogP contribution in [-0.2, 0) is 9.59 Å². The molecule has 0 radical (unpaired) electrons. The van der Waals surface area contributed by atoms with Gasteiger partial charge in [0.1, 0.15) is 0 Å². The molecule has 0 aromatic carbocycles. The van der Waals surface area contributed by atoms with Crippen LogP contribution in [0.4, 0.5) is 0 Å². The molecule has 0 saturated heterocycles. The second kappa shape index (κ2) is 7.22. The fraction of sp³-hybridized carbons (Fsp3) is 0.818. The van der Waals surface area contributed by atoms with Crippen LogP contribution >= 0.6 is 0 Å². The van der Waals surface area contributed by atoms with E-state index in [0.29, 0.717) is 19.0 Å². The molecular weight excluding hydrogens is 208 g/mol. The largest absolute Gasteiger partial charge is 0.480 e. The number of likely N-dealkylation sites (N-methyl/N-ethyl adjacent to an activating group) is 1. The molecule has 5 nitrogen and oxygen atoms in total. The van der Waals surface area contributed by atoms with Crippen molar-refractivity contribution in [3.63, 3.8) is 0 Å². The SMILES string of the molecule is CCN(C)C(=O)CN(CC(=O)O)CC(C)C. The molecule has 94 valence electrons. The van der Waals surface area contributed by atoms with Gasteiger partial charge in [-0.05, 0) is 12.8 Å². The predicted octanol–water partition coefficient (Wildman–Crippen LogP) is 0.507. The van der Waals surface area contributed by atoms with E-state index in [4.69, 9.17) is 5.11 Å². The van der Waals surface area contributed by atoms with Crippen LogP contribution in [0.2, 0.25) is 0 Å². The Morgan fingerprint density at radius 3 is 2.19 bits per heavy atom. The first-order valence-electron chi connectivity index (χ1n) is 5.54. The summed E-state index contributed by atoms with van der Waals surface area (Å²) in [7, 11) is 1.72. The lowest BCUT2D eigenvalue weighted by molar-refractivity contribution is -0.139. The fourth-order valence-electron chi connectivity index (χ4n) is 1.38. The van der Waals surface area contributed by atoms with E-state index >= 15 is 0 Å². The second-order valence-electron chi connectivity index (χ2n) is 4.37. The maximum absolute atomic E-state index is 11.6. The lowest BCUT2D eigenvalue weighted by Gasteiger charge is -2.24. The Morgan fingerprint density at radius 2 is 1.81 bits per heavy atom. The van der Waals surface area contributed by atoms with Gasteiger partial charge in [-0.25, -0.2) is 0 Å². The van der Waals surface area contributed by atoms with Crippen LogP contribution < -0.4 is 0 Å². The van der Waals surface area contributed by atoms with E-state index in [1.165, 1.54) is 0 Å². The van der Waals surface area contributed by atoms with Crippen LogP contribution in [0.15, 0.2) is 0 Å². The van der Waals surface area contributed by atoms with Crippen molar-refractivity contribution in [2.45, 2.75) is 20.8 Å². The van der Waals surface area contributed by atoms with Crippen molar-refractivity contribution in [3.05, 3.63) is 0 Å². The van der Waals surface area contributed by atoms with Crippen LogP contribution in [0.3, 0.4) is 0 Å². The van der Waals surface area contributed by atoms with Gasteiger partial charge >= 0.3 is 5.97 Å². The summed E-state index contributed by atoms with van der Waals surface area (Å²) in [6.45, 7) is 7.25. The average molecular weight is 230 g/mol. The van der Waals surface area contributed by atoms with Gasteiger partial charge in [0.25, 0.3) is 0 Å². The van der Waals surface area contributed by atoms with Gasteiger partial charge in [-0.2, -0.15) is 0 Å². The molecule has 16 heavy (non-hydrogen) atoms. The van der Waals surface area contributed by atoms with Crippen LogP contribution in [0.1, 0.15) is 20.8 Å². The molecule has 0 bridgehead atoms. The van der Waals surface area contributed by atoms with Crippen molar-refractivity contribution in [3.8, 4) is 0 Å². The minimum Gasteiger partial charge on any atom is -0.480 e. The smallest absolute Gasteiger partial charge is 0.317 e. The summed E-state index contributed by atoms with van der Waals surface area (Å²) in [5.41, 5.74) is 0. The molecule has 0 aliphatic rings. The van der Waals surface area contributed by atoms with Gasteiger partial charge in [0.2, 0.25) is 5.91 Å². The fourth-order valence-corrected chi connectivity index (χ4v) is 1.38. The number of carbonyl (C=O) groups excluding carboxylic acids is 1. The summed E-state index contributed by atoms with van der Waals surface area (Å²) in [6.07, 6.45) is 0. The Balaban J connectivity index is 4.29. The molecule has 0 aromatic rings. The van der Waals surface area contributed by atoms with Gasteiger partial charge in [0.15, 0.2) is 0 Å². The van der Waals surface area contributed by atoms with Crippen molar-refractivity contribution < 1.29 is 14.7 Å². The van der Waals surface area contributed by atoms with E-state index in [2.05, 4.69) is 0 Å². The maximum atomic E-state index is 11.6. The standard InChI is InChI=1S/C11H22N2O3/c1-5-12(4)10(14)7-13(6-9(2)3)8-11(15)16/h9H,5-8H2,1-4H3,(H,15,16). The summed E-state index contributed by atoms with van der Waals surface area (Å²) in [5.74, 6) is -0.587. The summed E-state index contributed by atoms with van der Waals surface area (Å²) < 4.78 is 0. The highest BCUT2D eigenvalue weighted by atomic mass is 16.4. The second-order valence-corrected chi connectivity index (χ2v) is 4.37. The quantitative estimate of drug-likeness (QED) is 0.692. The molecule has 1 N–H and O–H groups in total. The monoisotopic (exact) mass is 230 g/mol. The lowest BCUT2D eigenvalue weighted by atomic mass is 10.2. The zero-order valence-corrected chi connectivity index (χ0v) is 10.6. The lowest BCUT2D eigenvalue weighted by Crippen LogP contribution is -2.42. The number of carbonyl (C=O) groups is 2. The molecule has 0 aliphatic carbocycles. The zero-order valence-electron chi connectivity index (χ0n) is 10.6. The summed E-state index contributed by atoms with van der Waals surface area (Å²) in [5, 5.41) is 8.74. The minimum absolute atomic E-state index is 0.0376. The van der Waals surface area contributed by atoms with Crippen molar-refractivity contribution >= 4 is 11.9 Å². The molecule has 0 heterocycles. The average Bonchev–Trinajstić information content (AvgIpc) is 2.14. The third-order valence-corrected chi connectivity index (χ3v) is 2.24. The molecule has 1 amide bonds. The van der Waals surface area contributed by atoms with Crippen molar-refractivity contribution in [1.82, 2.24) is 9.80 Å². The van der Waals surface area contributed by atoms with Gasteiger partial charge in [-0.1, -0.05) is 13.8 Å². The van der Waals surface area contributed by atoms with E-state index in [1.807, 2.05) is 20.8 Å². The highest BCUT2D eigenvalue weighted by Gasteiger charge is 2.16. The molecule has 0 atom stereocenters. The summed E-state index contributed by atoms with van der Waals surface area (Å²) >= 11 is 0. The highest BCUT2D eigenvalue weighted by molar-refractivity contribution is 5.78. The summed E-state index contributed by atoms with van der Waals surface area (Å²) in [6, 6.07) is 0. The number of hydrogen-bond donors (Lipinski definition) is 1. The molecular formula is C11H22N2O3. The Hall–Kier alpha value is -1.10. The highest BCUT2D eigenvalue weighted by Crippen LogP contribution is 1.99. The van der Waals surface area contributed by atoms with E-state index < -0.39 is 5.97 Å². The normalized spacial score (nSPS) is 10.9. The number of amides is 1. The number of carboxylic acids is 1. The number of rotatable bonds is 7. The minimum atomic E-state index is -0.896. The van der Waals surface area contributed by atoms with Crippen LogP contribution in [0.5, 0.6) is 0 Å². The molecule has 0 fully saturated rings. The number of nitrogens with zero attached hydrogens (tertiary/aromatic N) is 2. The van der Waals surface area contributed by atoms with Gasteiger partial charge < -0.3 is 10.0 Å². The van der Waals surface area contributed by atoms with E-state index in [9.17, 15) is 9.59 Å². The first-order valence-corrected chi connectivity index (χ1v) is 5.54. The number of aliphatic carboxylic acids is 1. The van der Waals surface area contributed by atoms with Gasteiger partial charge in [0.05, 0.1) is 13.1 Å². The topological polar surface area (TPSA) is 60.9 Å². The van der Waals surface area contributed by atoms with E-state index in [-0.39, 0.29) is 19.0 Å². The third kappa shape index (κ3) is 6.40. The van der Waals surface area contributed by atoms with Crippen molar-refractivity contribution in [1.29, 1.82) is 0 Å². The van der Waals surface area contributed by atoms with E-state index in [1.54, 1.807) is 16.8 Å². The van der Waals surface area contributed by atoms with Gasteiger partial charge in [-0.3, -0.25) is 14.5 Å².